The van der Waals surface area contributed by atoms with Crippen LogP contribution in [0.4, 0.5) is 11.4 Å². The van der Waals surface area contributed by atoms with Crippen LogP contribution in [0.25, 0.3) is 0 Å². The van der Waals surface area contributed by atoms with E-state index < -0.39 is 0 Å². The normalized spacial score (nSPS) is 10.9. The van der Waals surface area contributed by atoms with E-state index >= 15 is 0 Å². The molecule has 0 unspecified atom stereocenters. The molecular weight excluding hydrogens is 444 g/mol. The molecule has 2 amide bonds. The highest BCUT2D eigenvalue weighted by atomic mass is 16.2. The van der Waals surface area contributed by atoms with Crippen LogP contribution >= 0.6 is 0 Å². The molecule has 0 atom stereocenters. The number of anilines is 2. The summed E-state index contributed by atoms with van der Waals surface area (Å²) in [7, 11) is 0. The molecule has 0 saturated heterocycles. The topological polar surface area (TPSA) is 58.2 Å². The van der Waals surface area contributed by atoms with Gasteiger partial charge in [0.1, 0.15) is 0 Å². The lowest BCUT2D eigenvalue weighted by molar-refractivity contribution is -0.117. The molecule has 0 radical (unpaired) electrons. The number of hydrogen-bond acceptors (Lipinski definition) is 2. The first-order valence-electron chi connectivity index (χ1n) is 15.4. The van der Waals surface area contributed by atoms with Crippen LogP contribution in [-0.4, -0.2) is 11.8 Å². The van der Waals surface area contributed by atoms with Crippen LogP contribution in [0.1, 0.15) is 155 Å². The van der Waals surface area contributed by atoms with Crippen molar-refractivity contribution in [3.05, 3.63) is 24.3 Å². The summed E-state index contributed by atoms with van der Waals surface area (Å²) < 4.78 is 0. The molecule has 4 nitrogen and oxygen atoms in total. The molecular formula is C32H56N2O2. The van der Waals surface area contributed by atoms with Crippen molar-refractivity contribution >= 4 is 23.2 Å². The van der Waals surface area contributed by atoms with Gasteiger partial charge in [-0.05, 0) is 37.1 Å². The number of unbranched alkanes of at least 4 members (excludes halogenated alkanes) is 18. The van der Waals surface area contributed by atoms with E-state index in [1.165, 1.54) is 109 Å². The molecule has 0 saturated carbocycles. The summed E-state index contributed by atoms with van der Waals surface area (Å²) in [4.78, 5) is 23.8. The first-order chi connectivity index (χ1) is 17.7. The fourth-order valence-corrected chi connectivity index (χ4v) is 4.67. The third-order valence-electron chi connectivity index (χ3n) is 6.94. The molecule has 0 aliphatic heterocycles. The van der Waals surface area contributed by atoms with Crippen LogP contribution < -0.4 is 10.6 Å². The van der Waals surface area contributed by atoms with E-state index in [0.29, 0.717) is 12.8 Å². The maximum Gasteiger partial charge on any atom is 0.224 e. The fraction of sp³-hybridized carbons (Fsp3) is 0.750. The molecule has 0 fully saturated rings. The lowest BCUT2D eigenvalue weighted by atomic mass is 10.0. The molecule has 1 aromatic carbocycles. The van der Waals surface area contributed by atoms with Gasteiger partial charge in [0.25, 0.3) is 0 Å². The molecule has 0 spiro atoms. The fourth-order valence-electron chi connectivity index (χ4n) is 4.67. The highest BCUT2D eigenvalue weighted by molar-refractivity contribution is 5.92. The van der Waals surface area contributed by atoms with Crippen molar-refractivity contribution < 1.29 is 9.59 Å². The van der Waals surface area contributed by atoms with Crippen LogP contribution in [0.5, 0.6) is 0 Å². The maximum atomic E-state index is 12.2. The summed E-state index contributed by atoms with van der Waals surface area (Å²) in [6, 6.07) is 7.35. The second-order valence-corrected chi connectivity index (χ2v) is 10.5. The molecule has 0 aromatic heterocycles. The zero-order chi connectivity index (χ0) is 26.1. The second kappa shape index (κ2) is 23.6. The van der Waals surface area contributed by atoms with Crippen LogP contribution in [-0.2, 0) is 9.59 Å². The summed E-state index contributed by atoms with van der Waals surface area (Å²) in [6.07, 6.45) is 27.8. The molecule has 1 rings (SSSR count). The largest absolute Gasteiger partial charge is 0.326 e. The van der Waals surface area contributed by atoms with Crippen molar-refractivity contribution in [2.24, 2.45) is 0 Å². The Morgan fingerprint density at radius 3 is 1.08 bits per heavy atom. The first kappa shape index (κ1) is 32.2. The molecule has 4 heteroatoms. The number of rotatable bonds is 24. The van der Waals surface area contributed by atoms with E-state index in [0.717, 1.165) is 30.6 Å². The van der Waals surface area contributed by atoms with Gasteiger partial charge in [0, 0.05) is 24.2 Å². The minimum atomic E-state index is 0.0265. The van der Waals surface area contributed by atoms with Gasteiger partial charge >= 0.3 is 0 Å². The lowest BCUT2D eigenvalue weighted by Crippen LogP contribution is -2.12. The van der Waals surface area contributed by atoms with Crippen LogP contribution in [0, 0.1) is 0 Å². The maximum absolute atomic E-state index is 12.2. The minimum Gasteiger partial charge on any atom is -0.326 e. The van der Waals surface area contributed by atoms with Crippen molar-refractivity contribution in [3.63, 3.8) is 0 Å². The van der Waals surface area contributed by atoms with E-state index in [4.69, 9.17) is 0 Å². The highest BCUT2D eigenvalue weighted by Gasteiger charge is 2.04. The van der Waals surface area contributed by atoms with E-state index in [1.807, 2.05) is 31.2 Å². The van der Waals surface area contributed by atoms with Crippen LogP contribution in [0.15, 0.2) is 24.3 Å². The SMILES string of the molecule is CCCCCCCCCCCCCCCCCCCCCC(=O)Nc1ccc(NC(=O)CCC)cc1. The zero-order valence-electron chi connectivity index (χ0n) is 23.7. The number of carbonyl (C=O) groups is 2. The van der Waals surface area contributed by atoms with Crippen molar-refractivity contribution in [2.45, 2.75) is 155 Å². The Morgan fingerprint density at radius 1 is 0.444 bits per heavy atom. The van der Waals surface area contributed by atoms with Gasteiger partial charge in [-0.2, -0.15) is 0 Å². The quantitative estimate of drug-likeness (QED) is 0.139. The monoisotopic (exact) mass is 500 g/mol. The summed E-state index contributed by atoms with van der Waals surface area (Å²) in [6.45, 7) is 4.27. The van der Waals surface area contributed by atoms with Crippen molar-refractivity contribution in [1.29, 1.82) is 0 Å². The first-order valence-corrected chi connectivity index (χ1v) is 15.4. The minimum absolute atomic E-state index is 0.0265. The van der Waals surface area contributed by atoms with Crippen molar-refractivity contribution in [3.8, 4) is 0 Å². The molecule has 0 bridgehead atoms. The van der Waals surface area contributed by atoms with E-state index in [1.54, 1.807) is 0 Å². The lowest BCUT2D eigenvalue weighted by Gasteiger charge is -2.08. The van der Waals surface area contributed by atoms with Gasteiger partial charge < -0.3 is 10.6 Å². The Kier molecular flexibility index (Phi) is 21.1. The second-order valence-electron chi connectivity index (χ2n) is 10.5. The third kappa shape index (κ3) is 19.4. The summed E-state index contributed by atoms with van der Waals surface area (Å²) >= 11 is 0. The van der Waals surface area contributed by atoms with Gasteiger partial charge in [0.2, 0.25) is 11.8 Å². The van der Waals surface area contributed by atoms with Gasteiger partial charge in [-0.15, -0.1) is 0 Å². The molecule has 36 heavy (non-hydrogen) atoms. The number of hydrogen-bond donors (Lipinski definition) is 2. The average molecular weight is 501 g/mol. The van der Waals surface area contributed by atoms with Crippen molar-refractivity contribution in [1.82, 2.24) is 0 Å². The van der Waals surface area contributed by atoms with Crippen LogP contribution in [0.2, 0.25) is 0 Å². The zero-order valence-corrected chi connectivity index (χ0v) is 23.7. The summed E-state index contributed by atoms with van der Waals surface area (Å²) in [5.41, 5.74) is 1.55. The van der Waals surface area contributed by atoms with Gasteiger partial charge in [0.15, 0.2) is 0 Å². The van der Waals surface area contributed by atoms with E-state index in [-0.39, 0.29) is 11.8 Å². The predicted octanol–water partition coefficient (Wildman–Crippen LogP) is 10.2. The van der Waals surface area contributed by atoms with Crippen LogP contribution in [0.3, 0.4) is 0 Å². The standard InChI is InChI=1S/C32H56N2O2/c1-3-5-6-7-8-9-10-11-12-13-14-15-16-17-18-19-20-21-22-24-32(36)34-30-27-25-29(26-28-30)33-31(35)23-4-2/h25-28H,3-24H2,1-2H3,(H,33,35)(H,34,36). The van der Waals surface area contributed by atoms with Gasteiger partial charge in [0.05, 0.1) is 0 Å². The van der Waals surface area contributed by atoms with Gasteiger partial charge in [-0.25, -0.2) is 0 Å². The smallest absolute Gasteiger partial charge is 0.224 e. The molecule has 2 N–H and O–H groups in total. The number of nitrogens with one attached hydrogen (secondary N) is 2. The Bertz CT molecular complexity index is 657. The number of carbonyl (C=O) groups excluding carboxylic acids is 2. The average Bonchev–Trinajstić information content (AvgIpc) is 2.87. The van der Waals surface area contributed by atoms with E-state index in [2.05, 4.69) is 17.6 Å². The Hall–Kier alpha value is -1.84. The molecule has 0 aliphatic carbocycles. The van der Waals surface area contributed by atoms with Gasteiger partial charge in [-0.3, -0.25) is 9.59 Å². The summed E-state index contributed by atoms with van der Waals surface area (Å²) in [5, 5.41) is 5.82. The molecule has 206 valence electrons. The third-order valence-corrected chi connectivity index (χ3v) is 6.94. The highest BCUT2D eigenvalue weighted by Crippen LogP contribution is 2.16. The summed E-state index contributed by atoms with van der Waals surface area (Å²) in [5.74, 6) is 0.100. The van der Waals surface area contributed by atoms with E-state index in [9.17, 15) is 9.59 Å². The molecule has 0 heterocycles. The molecule has 0 aliphatic rings. The Labute approximate surface area is 222 Å². The Morgan fingerprint density at radius 2 is 0.750 bits per heavy atom. The number of benzene rings is 1. The van der Waals surface area contributed by atoms with Crippen molar-refractivity contribution in [2.75, 3.05) is 10.6 Å². The number of amides is 2. The predicted molar refractivity (Wildman–Crippen MR) is 157 cm³/mol. The molecule has 1 aromatic rings. The van der Waals surface area contributed by atoms with Gasteiger partial charge in [-0.1, -0.05) is 129 Å². The Balaban J connectivity index is 1.86.